The number of rotatable bonds is 6. The predicted octanol–water partition coefficient (Wildman–Crippen LogP) is 5.37. The molecular weight excluding hydrogens is 430 g/mol. The molecule has 0 aliphatic carbocycles. The van der Waals surface area contributed by atoms with Gasteiger partial charge in [0.25, 0.3) is 0 Å². The van der Waals surface area contributed by atoms with Crippen LogP contribution in [-0.4, -0.2) is 16.1 Å². The fourth-order valence-corrected chi connectivity index (χ4v) is 4.32. The maximum atomic E-state index is 12.9. The van der Waals surface area contributed by atoms with Crippen LogP contribution in [0.5, 0.6) is 0 Å². The second-order valence-corrected chi connectivity index (χ2v) is 9.10. The molecule has 2 aromatic carbocycles. The lowest BCUT2D eigenvalue weighted by Crippen LogP contribution is -2.23. The monoisotopic (exact) mass is 455 g/mol. The zero-order valence-electron chi connectivity index (χ0n) is 19.1. The van der Waals surface area contributed by atoms with Crippen LogP contribution in [0.25, 0.3) is 11.1 Å². The standard InChI is InChI=1S/C26H25N5OS/c1-5-18-8-10-19(11-9-18)23-20(13-27)24(29)31-26(21(23)14-28)33-17(4)25(32)30-22-12-15(2)6-7-16(22)3/h6-12,17H,5H2,1-4H3,(H2,29,31)(H,30,32). The van der Waals surface area contributed by atoms with Crippen LogP contribution < -0.4 is 11.1 Å². The van der Waals surface area contributed by atoms with Gasteiger partial charge < -0.3 is 11.1 Å². The van der Waals surface area contributed by atoms with E-state index in [4.69, 9.17) is 5.73 Å². The van der Waals surface area contributed by atoms with Crippen molar-refractivity contribution in [2.24, 2.45) is 0 Å². The first-order valence-corrected chi connectivity index (χ1v) is 11.4. The summed E-state index contributed by atoms with van der Waals surface area (Å²) in [6.07, 6.45) is 0.878. The van der Waals surface area contributed by atoms with E-state index in [-0.39, 0.29) is 22.9 Å². The van der Waals surface area contributed by atoms with E-state index in [0.717, 1.165) is 40.6 Å². The van der Waals surface area contributed by atoms with E-state index >= 15 is 0 Å². The molecule has 0 saturated heterocycles. The summed E-state index contributed by atoms with van der Waals surface area (Å²) in [4.78, 5) is 17.2. The number of hydrogen-bond acceptors (Lipinski definition) is 6. The SMILES string of the molecule is CCc1ccc(-c2c(C#N)c(N)nc(SC(C)C(=O)Nc3cc(C)ccc3C)c2C#N)cc1. The number of aryl methyl sites for hydroxylation is 3. The van der Waals surface area contributed by atoms with E-state index in [0.29, 0.717) is 16.2 Å². The Bertz CT molecular complexity index is 1290. The van der Waals surface area contributed by atoms with Gasteiger partial charge in [0.05, 0.1) is 10.8 Å². The Morgan fingerprint density at radius 3 is 2.39 bits per heavy atom. The number of nitrogens with one attached hydrogen (secondary N) is 1. The van der Waals surface area contributed by atoms with Crippen molar-refractivity contribution >= 4 is 29.2 Å². The first-order valence-electron chi connectivity index (χ1n) is 10.6. The molecule has 0 aliphatic rings. The summed E-state index contributed by atoms with van der Waals surface area (Å²) < 4.78 is 0. The maximum Gasteiger partial charge on any atom is 0.237 e. The van der Waals surface area contributed by atoms with E-state index in [1.165, 1.54) is 0 Å². The predicted molar refractivity (Wildman–Crippen MR) is 133 cm³/mol. The molecule has 0 spiro atoms. The van der Waals surface area contributed by atoms with E-state index in [2.05, 4.69) is 29.4 Å². The summed E-state index contributed by atoms with van der Waals surface area (Å²) in [5.41, 5.74) is 11.6. The van der Waals surface area contributed by atoms with Crippen LogP contribution in [0, 0.1) is 36.5 Å². The number of pyridine rings is 1. The van der Waals surface area contributed by atoms with Crippen molar-refractivity contribution in [3.8, 4) is 23.3 Å². The topological polar surface area (TPSA) is 116 Å². The molecule has 3 aromatic rings. The lowest BCUT2D eigenvalue weighted by atomic mass is 9.96. The molecule has 0 saturated carbocycles. The number of carbonyl (C=O) groups excluding carboxylic acids is 1. The van der Waals surface area contributed by atoms with E-state index < -0.39 is 5.25 Å². The van der Waals surface area contributed by atoms with Gasteiger partial charge in [-0.15, -0.1) is 0 Å². The molecule has 1 heterocycles. The third-order valence-corrected chi connectivity index (χ3v) is 6.46. The first kappa shape index (κ1) is 23.8. The van der Waals surface area contributed by atoms with Crippen LogP contribution in [0.3, 0.4) is 0 Å². The van der Waals surface area contributed by atoms with Crippen molar-refractivity contribution < 1.29 is 4.79 Å². The smallest absolute Gasteiger partial charge is 0.237 e. The Labute approximate surface area is 198 Å². The number of nitrogens with two attached hydrogens (primary N) is 1. The molecule has 1 atom stereocenters. The van der Waals surface area contributed by atoms with Crippen LogP contribution in [0.2, 0.25) is 0 Å². The number of aromatic nitrogens is 1. The van der Waals surface area contributed by atoms with Crippen LogP contribution in [0.15, 0.2) is 47.5 Å². The minimum absolute atomic E-state index is 0.0377. The molecule has 1 amide bonds. The molecular formula is C26H25N5OS. The van der Waals surface area contributed by atoms with Gasteiger partial charge in [0.1, 0.15) is 28.5 Å². The zero-order chi connectivity index (χ0) is 24.1. The highest BCUT2D eigenvalue weighted by Crippen LogP contribution is 2.37. The number of hydrogen-bond donors (Lipinski definition) is 2. The van der Waals surface area contributed by atoms with Crippen molar-refractivity contribution in [2.75, 3.05) is 11.1 Å². The number of benzene rings is 2. The van der Waals surface area contributed by atoms with Gasteiger partial charge in [0, 0.05) is 11.3 Å². The lowest BCUT2D eigenvalue weighted by Gasteiger charge is -2.17. The Balaban J connectivity index is 1.98. The molecule has 3 N–H and O–H groups in total. The average molecular weight is 456 g/mol. The summed E-state index contributed by atoms with van der Waals surface area (Å²) >= 11 is 1.15. The molecule has 7 heteroatoms. The van der Waals surface area contributed by atoms with Gasteiger partial charge >= 0.3 is 0 Å². The molecule has 1 aromatic heterocycles. The van der Waals surface area contributed by atoms with Crippen LogP contribution in [0.4, 0.5) is 11.5 Å². The summed E-state index contributed by atoms with van der Waals surface area (Å²) in [5, 5.41) is 22.4. The molecule has 1 unspecified atom stereocenters. The minimum atomic E-state index is -0.549. The number of nitrogen functional groups attached to an aromatic ring is 1. The van der Waals surface area contributed by atoms with Gasteiger partial charge in [-0.1, -0.05) is 55.1 Å². The highest BCUT2D eigenvalue weighted by atomic mass is 32.2. The van der Waals surface area contributed by atoms with Crippen molar-refractivity contribution in [3.63, 3.8) is 0 Å². The number of anilines is 2. The second-order valence-electron chi connectivity index (χ2n) is 7.77. The fraction of sp³-hybridized carbons (Fsp3) is 0.231. The third-order valence-electron chi connectivity index (χ3n) is 5.38. The Morgan fingerprint density at radius 1 is 1.12 bits per heavy atom. The van der Waals surface area contributed by atoms with Gasteiger partial charge in [-0.05, 0) is 55.5 Å². The molecule has 166 valence electrons. The van der Waals surface area contributed by atoms with Crippen molar-refractivity contribution in [1.29, 1.82) is 10.5 Å². The first-order chi connectivity index (χ1) is 15.8. The number of amides is 1. The molecule has 0 aliphatic heterocycles. The van der Waals surface area contributed by atoms with E-state index in [1.807, 2.05) is 56.3 Å². The molecule has 6 nitrogen and oxygen atoms in total. The highest BCUT2D eigenvalue weighted by molar-refractivity contribution is 8.00. The highest BCUT2D eigenvalue weighted by Gasteiger charge is 2.24. The third kappa shape index (κ3) is 5.16. The Hall–Kier alpha value is -3.81. The summed E-state index contributed by atoms with van der Waals surface area (Å²) in [6, 6.07) is 17.8. The molecule has 3 rings (SSSR count). The van der Waals surface area contributed by atoms with Gasteiger partial charge in [0.15, 0.2) is 0 Å². The summed E-state index contributed by atoms with van der Waals surface area (Å²) in [5.74, 6) is -0.174. The number of nitrogens with zero attached hydrogens (tertiary/aromatic N) is 3. The maximum absolute atomic E-state index is 12.9. The minimum Gasteiger partial charge on any atom is -0.383 e. The zero-order valence-corrected chi connectivity index (χ0v) is 19.9. The van der Waals surface area contributed by atoms with E-state index in [9.17, 15) is 15.3 Å². The van der Waals surface area contributed by atoms with Gasteiger partial charge in [-0.3, -0.25) is 4.79 Å². The normalized spacial score (nSPS) is 11.3. The van der Waals surface area contributed by atoms with Crippen LogP contribution in [-0.2, 0) is 11.2 Å². The second kappa shape index (κ2) is 10.2. The molecule has 33 heavy (non-hydrogen) atoms. The Morgan fingerprint density at radius 2 is 1.79 bits per heavy atom. The molecule has 0 bridgehead atoms. The fourth-order valence-electron chi connectivity index (χ4n) is 3.41. The number of nitriles is 2. The van der Waals surface area contributed by atoms with Crippen molar-refractivity contribution in [3.05, 3.63) is 70.3 Å². The summed E-state index contributed by atoms with van der Waals surface area (Å²) in [6.45, 7) is 7.70. The van der Waals surface area contributed by atoms with Gasteiger partial charge in [0.2, 0.25) is 5.91 Å². The summed E-state index contributed by atoms with van der Waals surface area (Å²) in [7, 11) is 0. The van der Waals surface area contributed by atoms with Crippen molar-refractivity contribution in [2.45, 2.75) is 44.4 Å². The molecule has 0 radical (unpaired) electrons. The van der Waals surface area contributed by atoms with Gasteiger partial charge in [-0.25, -0.2) is 4.98 Å². The Kier molecular flexibility index (Phi) is 7.37. The van der Waals surface area contributed by atoms with Crippen LogP contribution in [0.1, 0.15) is 41.7 Å². The lowest BCUT2D eigenvalue weighted by molar-refractivity contribution is -0.115. The number of carbonyl (C=O) groups is 1. The molecule has 0 fully saturated rings. The van der Waals surface area contributed by atoms with Crippen LogP contribution >= 0.6 is 11.8 Å². The average Bonchev–Trinajstić information content (AvgIpc) is 2.81. The number of thioether (sulfide) groups is 1. The van der Waals surface area contributed by atoms with Crippen molar-refractivity contribution in [1.82, 2.24) is 4.98 Å². The van der Waals surface area contributed by atoms with Gasteiger partial charge in [-0.2, -0.15) is 10.5 Å². The quantitative estimate of drug-likeness (QED) is 0.483. The largest absolute Gasteiger partial charge is 0.383 e. The van der Waals surface area contributed by atoms with E-state index in [1.54, 1.807) is 6.92 Å².